The van der Waals surface area contributed by atoms with Gasteiger partial charge in [0.25, 0.3) is 0 Å². The zero-order valence-corrected chi connectivity index (χ0v) is 11.2. The van der Waals surface area contributed by atoms with E-state index in [0.717, 1.165) is 19.3 Å². The Morgan fingerprint density at radius 1 is 1.41 bits per heavy atom. The van der Waals surface area contributed by atoms with Gasteiger partial charge in [-0.25, -0.2) is 0 Å². The first-order chi connectivity index (χ1) is 7.83. The smallest absolute Gasteiger partial charge is 0.310 e. The predicted molar refractivity (Wildman–Crippen MR) is 65.8 cm³/mol. The van der Waals surface area contributed by atoms with Crippen LogP contribution in [0.1, 0.15) is 52.9 Å². The summed E-state index contributed by atoms with van der Waals surface area (Å²) in [7, 11) is 0. The lowest BCUT2D eigenvalue weighted by Gasteiger charge is -2.34. The average Bonchev–Trinajstić information content (AvgIpc) is 2.75. The van der Waals surface area contributed by atoms with E-state index in [0.29, 0.717) is 24.9 Å². The molecule has 1 N–H and O–H groups in total. The molecule has 2 bridgehead atoms. The largest absolute Gasteiger partial charge is 0.481 e. The maximum atomic E-state index is 11.6. The van der Waals surface area contributed by atoms with Gasteiger partial charge >= 0.3 is 5.97 Å². The zero-order chi connectivity index (χ0) is 12.7. The van der Waals surface area contributed by atoms with Crippen molar-refractivity contribution in [2.24, 2.45) is 17.3 Å². The highest BCUT2D eigenvalue weighted by Crippen LogP contribution is 2.57. The van der Waals surface area contributed by atoms with Crippen molar-refractivity contribution < 1.29 is 14.6 Å². The highest BCUT2D eigenvalue weighted by molar-refractivity contribution is 5.75. The first-order valence-electron chi connectivity index (χ1n) is 6.71. The first kappa shape index (κ1) is 12.9. The quantitative estimate of drug-likeness (QED) is 0.821. The lowest BCUT2D eigenvalue weighted by molar-refractivity contribution is -0.155. The van der Waals surface area contributed by atoms with E-state index in [1.165, 1.54) is 6.42 Å². The molecule has 2 saturated carbocycles. The molecule has 0 saturated heterocycles. The van der Waals surface area contributed by atoms with Crippen molar-refractivity contribution in [3.63, 3.8) is 0 Å². The van der Waals surface area contributed by atoms with E-state index in [-0.39, 0.29) is 5.60 Å². The van der Waals surface area contributed by atoms with Gasteiger partial charge in [0.15, 0.2) is 0 Å². The second kappa shape index (κ2) is 4.27. The van der Waals surface area contributed by atoms with Crippen LogP contribution in [0, 0.1) is 17.3 Å². The van der Waals surface area contributed by atoms with Crippen LogP contribution in [0.4, 0.5) is 0 Å². The molecule has 2 aliphatic rings. The van der Waals surface area contributed by atoms with Crippen LogP contribution in [0.25, 0.3) is 0 Å². The van der Waals surface area contributed by atoms with Crippen LogP contribution in [-0.4, -0.2) is 23.3 Å². The van der Waals surface area contributed by atoms with Gasteiger partial charge in [0, 0.05) is 6.61 Å². The van der Waals surface area contributed by atoms with Crippen molar-refractivity contribution in [1.29, 1.82) is 0 Å². The Bertz CT molecular complexity index is 305. The minimum atomic E-state index is -0.595. The van der Waals surface area contributed by atoms with Crippen molar-refractivity contribution in [2.75, 3.05) is 6.61 Å². The lowest BCUT2D eigenvalue weighted by atomic mass is 9.71. The molecule has 2 aliphatic carbocycles. The third-order valence-corrected chi connectivity index (χ3v) is 4.48. The second-order valence-electron chi connectivity index (χ2n) is 6.75. The highest BCUT2D eigenvalue weighted by atomic mass is 16.5. The van der Waals surface area contributed by atoms with Crippen LogP contribution < -0.4 is 0 Å². The number of fused-ring (bicyclic) bond motifs is 2. The summed E-state index contributed by atoms with van der Waals surface area (Å²) >= 11 is 0. The summed E-state index contributed by atoms with van der Waals surface area (Å²) in [6.07, 6.45) is 5.02. The first-order valence-corrected chi connectivity index (χ1v) is 6.71. The van der Waals surface area contributed by atoms with E-state index in [1.54, 1.807) is 0 Å². The summed E-state index contributed by atoms with van der Waals surface area (Å²) in [6, 6.07) is 0. The maximum absolute atomic E-state index is 11.6. The fourth-order valence-corrected chi connectivity index (χ4v) is 3.66. The van der Waals surface area contributed by atoms with Gasteiger partial charge in [-0.1, -0.05) is 6.42 Å². The van der Waals surface area contributed by atoms with E-state index in [4.69, 9.17) is 4.74 Å². The van der Waals surface area contributed by atoms with Gasteiger partial charge in [-0.2, -0.15) is 0 Å². The summed E-state index contributed by atoms with van der Waals surface area (Å²) in [5.74, 6) is 0.460. The fourth-order valence-electron chi connectivity index (χ4n) is 3.66. The molecule has 2 rings (SSSR count). The van der Waals surface area contributed by atoms with Gasteiger partial charge in [0.2, 0.25) is 0 Å². The number of carboxylic acid groups (broad SMARTS) is 1. The fraction of sp³-hybridized carbons (Fsp3) is 0.929. The number of carbonyl (C=O) groups is 1. The molecule has 0 aromatic rings. The molecule has 3 unspecified atom stereocenters. The van der Waals surface area contributed by atoms with Crippen molar-refractivity contribution in [3.05, 3.63) is 0 Å². The normalized spacial score (nSPS) is 36.4. The predicted octanol–water partition coefficient (Wildman–Crippen LogP) is 3.08. The third kappa shape index (κ3) is 2.49. The van der Waals surface area contributed by atoms with Gasteiger partial charge in [0.1, 0.15) is 0 Å². The lowest BCUT2D eigenvalue weighted by Crippen LogP contribution is -2.38. The van der Waals surface area contributed by atoms with Crippen LogP contribution in [0.2, 0.25) is 0 Å². The molecule has 0 aliphatic heterocycles. The number of hydrogen-bond acceptors (Lipinski definition) is 2. The van der Waals surface area contributed by atoms with Crippen LogP contribution in [0.3, 0.4) is 0 Å². The average molecular weight is 240 g/mol. The van der Waals surface area contributed by atoms with Crippen LogP contribution in [-0.2, 0) is 9.53 Å². The summed E-state index contributed by atoms with van der Waals surface area (Å²) in [4.78, 5) is 11.6. The van der Waals surface area contributed by atoms with Gasteiger partial charge in [-0.05, 0) is 58.3 Å². The van der Waals surface area contributed by atoms with Crippen molar-refractivity contribution >= 4 is 5.97 Å². The summed E-state index contributed by atoms with van der Waals surface area (Å²) in [5.41, 5.74) is -0.647. The molecular weight excluding hydrogens is 216 g/mol. The molecule has 0 aromatic heterocycles. The molecule has 3 heteroatoms. The molecule has 3 atom stereocenters. The van der Waals surface area contributed by atoms with Crippen molar-refractivity contribution in [3.8, 4) is 0 Å². The molecule has 17 heavy (non-hydrogen) atoms. The van der Waals surface area contributed by atoms with Crippen molar-refractivity contribution in [1.82, 2.24) is 0 Å². The van der Waals surface area contributed by atoms with Gasteiger partial charge in [-0.3, -0.25) is 4.79 Å². The van der Waals surface area contributed by atoms with E-state index in [9.17, 15) is 9.90 Å². The molecule has 0 spiro atoms. The molecule has 0 radical (unpaired) electrons. The summed E-state index contributed by atoms with van der Waals surface area (Å²) in [6.45, 7) is 6.61. The summed E-state index contributed by atoms with van der Waals surface area (Å²) in [5, 5.41) is 9.56. The second-order valence-corrected chi connectivity index (χ2v) is 6.75. The van der Waals surface area contributed by atoms with Crippen molar-refractivity contribution in [2.45, 2.75) is 58.5 Å². The zero-order valence-electron chi connectivity index (χ0n) is 11.2. The topological polar surface area (TPSA) is 46.5 Å². The van der Waals surface area contributed by atoms with E-state index < -0.39 is 11.4 Å². The summed E-state index contributed by atoms with van der Waals surface area (Å²) < 4.78 is 5.71. The number of aliphatic carboxylic acids is 1. The van der Waals surface area contributed by atoms with E-state index in [1.807, 2.05) is 20.8 Å². The van der Waals surface area contributed by atoms with E-state index >= 15 is 0 Å². The van der Waals surface area contributed by atoms with Crippen LogP contribution in [0.15, 0.2) is 0 Å². The third-order valence-electron chi connectivity index (χ3n) is 4.48. The van der Waals surface area contributed by atoms with Gasteiger partial charge < -0.3 is 9.84 Å². The van der Waals surface area contributed by atoms with Gasteiger partial charge in [0.05, 0.1) is 11.0 Å². The van der Waals surface area contributed by atoms with Gasteiger partial charge in [-0.15, -0.1) is 0 Å². The molecule has 0 aromatic carbocycles. The van der Waals surface area contributed by atoms with E-state index in [2.05, 4.69) is 0 Å². The Morgan fingerprint density at radius 3 is 2.53 bits per heavy atom. The minimum absolute atomic E-state index is 0.169. The Hall–Kier alpha value is -0.570. The Kier molecular flexibility index (Phi) is 3.23. The molecule has 3 nitrogen and oxygen atoms in total. The minimum Gasteiger partial charge on any atom is -0.481 e. The number of carboxylic acids is 1. The molecule has 2 fully saturated rings. The molecule has 0 heterocycles. The SMILES string of the molecule is CC(C)(C)OCCC1(C(=O)O)CC2CCC1C2. The van der Waals surface area contributed by atoms with Crippen LogP contribution in [0.5, 0.6) is 0 Å². The monoisotopic (exact) mass is 240 g/mol. The Balaban J connectivity index is 1.97. The number of ether oxygens (including phenoxy) is 1. The number of rotatable bonds is 4. The maximum Gasteiger partial charge on any atom is 0.310 e. The Morgan fingerprint density at radius 2 is 2.12 bits per heavy atom. The molecule has 98 valence electrons. The van der Waals surface area contributed by atoms with Crippen LogP contribution >= 0.6 is 0 Å². The Labute approximate surface area is 104 Å². The standard InChI is InChI=1S/C14H24O3/c1-13(2,3)17-7-6-14(12(15)16)9-10-4-5-11(14)8-10/h10-11H,4-9H2,1-3H3,(H,15,16). The molecule has 0 amide bonds. The molecular formula is C14H24O3. The number of hydrogen-bond donors (Lipinski definition) is 1. The highest BCUT2D eigenvalue weighted by Gasteiger charge is 2.55.